The zero-order chi connectivity index (χ0) is 11.6. The Labute approximate surface area is 96.5 Å². The molecule has 0 aliphatic rings. The summed E-state index contributed by atoms with van der Waals surface area (Å²) >= 11 is 3.18. The lowest BCUT2D eigenvalue weighted by atomic mass is 10.2. The Morgan fingerprint density at radius 1 is 1.40 bits per heavy atom. The van der Waals surface area contributed by atoms with Crippen LogP contribution in [-0.2, 0) is 0 Å². The highest BCUT2D eigenvalue weighted by atomic mass is 79.9. The van der Waals surface area contributed by atoms with E-state index in [4.69, 9.17) is 4.74 Å². The summed E-state index contributed by atoms with van der Waals surface area (Å²) < 4.78 is 6.15. The van der Waals surface area contributed by atoms with Gasteiger partial charge in [-0.3, -0.25) is 10.1 Å². The third-order valence-electron chi connectivity index (χ3n) is 1.53. The van der Waals surface area contributed by atoms with Crippen LogP contribution in [0.25, 0.3) is 0 Å². The van der Waals surface area contributed by atoms with E-state index in [0.717, 1.165) is 0 Å². The molecule has 0 saturated heterocycles. The number of halogens is 1. The summed E-state index contributed by atoms with van der Waals surface area (Å²) in [6, 6.07) is 4.74. The van der Waals surface area contributed by atoms with E-state index in [9.17, 15) is 10.1 Å². The van der Waals surface area contributed by atoms with Gasteiger partial charge in [0.25, 0.3) is 0 Å². The summed E-state index contributed by atoms with van der Waals surface area (Å²) in [5.74, 6) is 0.288. The van der Waals surface area contributed by atoms with Crippen LogP contribution < -0.4 is 4.74 Å². The quantitative estimate of drug-likeness (QED) is 0.612. The zero-order valence-corrected chi connectivity index (χ0v) is 10.4. The minimum atomic E-state index is -0.453. The number of rotatable bonds is 2. The number of benzene rings is 1. The van der Waals surface area contributed by atoms with Crippen molar-refractivity contribution in [2.24, 2.45) is 0 Å². The molecule has 15 heavy (non-hydrogen) atoms. The number of hydrogen-bond donors (Lipinski definition) is 0. The number of nitro groups is 1. The van der Waals surface area contributed by atoms with Gasteiger partial charge >= 0.3 is 5.69 Å². The highest BCUT2D eigenvalue weighted by Gasteiger charge is 2.20. The van der Waals surface area contributed by atoms with E-state index in [2.05, 4.69) is 15.9 Å². The maximum Gasteiger partial charge on any atom is 0.312 e. The van der Waals surface area contributed by atoms with Crippen LogP contribution in [0.5, 0.6) is 5.75 Å². The predicted molar refractivity (Wildman–Crippen MR) is 61.2 cm³/mol. The van der Waals surface area contributed by atoms with Crippen molar-refractivity contribution in [3.8, 4) is 5.75 Å². The molecule has 0 fully saturated rings. The average Bonchev–Trinajstić information content (AvgIpc) is 2.05. The summed E-state index contributed by atoms with van der Waals surface area (Å²) in [6.45, 7) is 5.54. The normalized spacial score (nSPS) is 11.2. The number of nitrogens with zero attached hydrogens (tertiary/aromatic N) is 1. The summed E-state index contributed by atoms with van der Waals surface area (Å²) in [7, 11) is 0. The highest BCUT2D eigenvalue weighted by Crippen LogP contribution is 2.32. The summed E-state index contributed by atoms with van der Waals surface area (Å²) in [5, 5.41) is 10.8. The SMILES string of the molecule is CC(C)(C)Oc1ccc(Br)cc1[N+](=O)[O-]. The molecule has 1 aromatic rings. The molecule has 0 saturated carbocycles. The van der Waals surface area contributed by atoms with Crippen LogP contribution in [0.3, 0.4) is 0 Å². The van der Waals surface area contributed by atoms with Crippen molar-refractivity contribution in [2.45, 2.75) is 26.4 Å². The molecule has 1 rings (SSSR count). The molecule has 0 bridgehead atoms. The van der Waals surface area contributed by atoms with Crippen LogP contribution in [-0.4, -0.2) is 10.5 Å². The van der Waals surface area contributed by atoms with Crippen molar-refractivity contribution in [2.75, 3.05) is 0 Å². The summed E-state index contributed by atoms with van der Waals surface area (Å²) in [5.41, 5.74) is -0.474. The smallest absolute Gasteiger partial charge is 0.312 e. The molecule has 0 aliphatic heterocycles. The minimum Gasteiger partial charge on any atom is -0.481 e. The van der Waals surface area contributed by atoms with Crippen LogP contribution in [0.1, 0.15) is 20.8 Å². The highest BCUT2D eigenvalue weighted by molar-refractivity contribution is 9.10. The third-order valence-corrected chi connectivity index (χ3v) is 2.03. The van der Waals surface area contributed by atoms with Gasteiger partial charge in [0.1, 0.15) is 5.60 Å². The van der Waals surface area contributed by atoms with E-state index in [1.807, 2.05) is 20.8 Å². The van der Waals surface area contributed by atoms with Gasteiger partial charge in [-0.15, -0.1) is 0 Å². The Bertz CT molecular complexity index is 385. The average molecular weight is 274 g/mol. The van der Waals surface area contributed by atoms with Crippen LogP contribution >= 0.6 is 15.9 Å². The summed E-state index contributed by atoms with van der Waals surface area (Å²) in [4.78, 5) is 10.3. The second-order valence-electron chi connectivity index (χ2n) is 4.08. The third kappa shape index (κ3) is 3.51. The minimum absolute atomic E-state index is 0.0284. The van der Waals surface area contributed by atoms with Gasteiger partial charge in [-0.2, -0.15) is 0 Å². The van der Waals surface area contributed by atoms with E-state index in [0.29, 0.717) is 4.47 Å². The molecule has 0 amide bonds. The Morgan fingerprint density at radius 3 is 2.47 bits per heavy atom. The van der Waals surface area contributed by atoms with Crippen molar-refractivity contribution in [1.29, 1.82) is 0 Å². The van der Waals surface area contributed by atoms with Gasteiger partial charge in [0.2, 0.25) is 0 Å². The molecule has 0 N–H and O–H groups in total. The van der Waals surface area contributed by atoms with Crippen LogP contribution in [0.2, 0.25) is 0 Å². The number of hydrogen-bond acceptors (Lipinski definition) is 3. The van der Waals surface area contributed by atoms with Crippen molar-refractivity contribution in [3.05, 3.63) is 32.8 Å². The van der Waals surface area contributed by atoms with E-state index in [1.54, 1.807) is 12.1 Å². The van der Waals surface area contributed by atoms with Gasteiger partial charge in [0.05, 0.1) is 4.92 Å². The van der Waals surface area contributed by atoms with Gasteiger partial charge in [-0.1, -0.05) is 15.9 Å². The monoisotopic (exact) mass is 273 g/mol. The Morgan fingerprint density at radius 2 is 2.00 bits per heavy atom. The van der Waals surface area contributed by atoms with Crippen molar-refractivity contribution in [1.82, 2.24) is 0 Å². The first-order chi connectivity index (χ1) is 6.79. The molecule has 82 valence electrons. The molecule has 1 aromatic carbocycles. The first-order valence-corrected chi connectivity index (χ1v) is 5.22. The van der Waals surface area contributed by atoms with Gasteiger partial charge in [-0.25, -0.2) is 0 Å². The maximum absolute atomic E-state index is 10.8. The fourth-order valence-corrected chi connectivity index (χ4v) is 1.40. The number of nitro benzene ring substituents is 1. The molecule has 0 heterocycles. The van der Waals surface area contributed by atoms with Crippen LogP contribution in [0, 0.1) is 10.1 Å². The Kier molecular flexibility index (Phi) is 3.34. The lowest BCUT2D eigenvalue weighted by Gasteiger charge is -2.20. The maximum atomic E-state index is 10.8. The van der Waals surface area contributed by atoms with E-state index < -0.39 is 10.5 Å². The van der Waals surface area contributed by atoms with Crippen LogP contribution in [0.4, 0.5) is 5.69 Å². The van der Waals surface area contributed by atoms with Crippen LogP contribution in [0.15, 0.2) is 22.7 Å². The lowest BCUT2D eigenvalue weighted by molar-refractivity contribution is -0.386. The molecule has 0 radical (unpaired) electrons. The molecule has 0 aromatic heterocycles. The first-order valence-electron chi connectivity index (χ1n) is 4.42. The number of ether oxygens (including phenoxy) is 1. The fraction of sp³-hybridized carbons (Fsp3) is 0.400. The van der Waals surface area contributed by atoms with Crippen molar-refractivity contribution >= 4 is 21.6 Å². The summed E-state index contributed by atoms with van der Waals surface area (Å²) in [6.07, 6.45) is 0. The fourth-order valence-electron chi connectivity index (χ4n) is 1.05. The first kappa shape index (κ1) is 12.0. The van der Waals surface area contributed by atoms with E-state index in [-0.39, 0.29) is 11.4 Å². The second-order valence-corrected chi connectivity index (χ2v) is 5.00. The van der Waals surface area contributed by atoms with Crippen molar-refractivity contribution in [3.63, 3.8) is 0 Å². The molecular weight excluding hydrogens is 262 g/mol. The Hall–Kier alpha value is -1.10. The van der Waals surface area contributed by atoms with Gasteiger partial charge in [0.15, 0.2) is 5.75 Å². The largest absolute Gasteiger partial charge is 0.481 e. The molecular formula is C10H12BrNO3. The van der Waals surface area contributed by atoms with Crippen molar-refractivity contribution < 1.29 is 9.66 Å². The second kappa shape index (κ2) is 4.18. The van der Waals surface area contributed by atoms with E-state index in [1.165, 1.54) is 6.07 Å². The van der Waals surface area contributed by atoms with Gasteiger partial charge in [-0.05, 0) is 32.9 Å². The molecule has 0 aliphatic carbocycles. The van der Waals surface area contributed by atoms with Gasteiger partial charge < -0.3 is 4.74 Å². The standard InChI is InChI=1S/C10H12BrNO3/c1-10(2,3)15-9-5-4-7(11)6-8(9)12(13)14/h4-6H,1-3H3. The molecule has 0 unspecified atom stereocenters. The molecule has 4 nitrogen and oxygen atoms in total. The molecule has 0 atom stereocenters. The topological polar surface area (TPSA) is 52.4 Å². The molecule has 0 spiro atoms. The predicted octanol–water partition coefficient (Wildman–Crippen LogP) is 3.53. The molecule has 5 heteroatoms. The van der Waals surface area contributed by atoms with E-state index >= 15 is 0 Å². The lowest BCUT2D eigenvalue weighted by Crippen LogP contribution is -2.23. The van der Waals surface area contributed by atoms with Gasteiger partial charge in [0, 0.05) is 10.5 Å². The zero-order valence-electron chi connectivity index (χ0n) is 8.78. The Balaban J connectivity index is 3.12.